The first-order valence-corrected chi connectivity index (χ1v) is 7.30. The fourth-order valence-corrected chi connectivity index (χ4v) is 2.42. The van der Waals surface area contributed by atoms with E-state index in [0.717, 1.165) is 11.3 Å². The molecule has 0 aliphatic rings. The van der Waals surface area contributed by atoms with Gasteiger partial charge in [0.2, 0.25) is 0 Å². The van der Waals surface area contributed by atoms with Crippen LogP contribution < -0.4 is 5.32 Å². The molecule has 3 aromatic carbocycles. The molecule has 0 amide bonds. The second-order valence-electron chi connectivity index (χ2n) is 5.10. The van der Waals surface area contributed by atoms with Gasteiger partial charge in [-0.15, -0.1) is 6.42 Å². The van der Waals surface area contributed by atoms with Gasteiger partial charge in [-0.3, -0.25) is 0 Å². The summed E-state index contributed by atoms with van der Waals surface area (Å²) in [4.78, 5) is 0. The molecule has 0 aromatic heterocycles. The topological polar surface area (TPSA) is 12.0 Å². The third-order valence-corrected chi connectivity index (χ3v) is 3.60. The zero-order chi connectivity index (χ0) is 15.2. The second-order valence-corrected chi connectivity index (χ2v) is 5.10. The van der Waals surface area contributed by atoms with Crippen molar-refractivity contribution in [1.29, 1.82) is 0 Å². The number of nitrogens with one attached hydrogen (secondary N) is 1. The zero-order valence-electron chi connectivity index (χ0n) is 12.2. The summed E-state index contributed by atoms with van der Waals surface area (Å²) in [5, 5.41) is 3.37. The number of benzene rings is 3. The summed E-state index contributed by atoms with van der Waals surface area (Å²) in [6.45, 7) is 0. The van der Waals surface area contributed by atoms with E-state index in [2.05, 4.69) is 47.6 Å². The number of hydrogen-bond donors (Lipinski definition) is 1. The largest absolute Gasteiger partial charge is 0.368 e. The van der Waals surface area contributed by atoms with Gasteiger partial charge in [0, 0.05) is 5.69 Å². The maximum Gasteiger partial charge on any atom is 0.113 e. The van der Waals surface area contributed by atoms with E-state index in [1.54, 1.807) is 0 Å². The third-order valence-electron chi connectivity index (χ3n) is 3.60. The Morgan fingerprint density at radius 1 is 0.682 bits per heavy atom. The molecular weight excluding hydrogens is 266 g/mol. The highest BCUT2D eigenvalue weighted by Gasteiger charge is 2.08. The van der Waals surface area contributed by atoms with Gasteiger partial charge in [-0.05, 0) is 28.8 Å². The molecule has 0 aliphatic carbocycles. The predicted molar refractivity (Wildman–Crippen MR) is 93.5 cm³/mol. The molecule has 1 atom stereocenters. The monoisotopic (exact) mass is 283 g/mol. The van der Waals surface area contributed by atoms with Gasteiger partial charge in [0.1, 0.15) is 6.04 Å². The minimum Gasteiger partial charge on any atom is -0.368 e. The van der Waals surface area contributed by atoms with Crippen molar-refractivity contribution < 1.29 is 0 Å². The van der Waals surface area contributed by atoms with Gasteiger partial charge >= 0.3 is 0 Å². The molecule has 3 aromatic rings. The molecule has 1 nitrogen and oxygen atoms in total. The summed E-state index contributed by atoms with van der Waals surface area (Å²) in [5.74, 6) is 2.81. The van der Waals surface area contributed by atoms with E-state index in [-0.39, 0.29) is 6.04 Å². The maximum atomic E-state index is 5.69. The fraction of sp³-hybridized carbons (Fsp3) is 0.0476. The molecule has 0 spiro atoms. The van der Waals surface area contributed by atoms with Crippen LogP contribution in [0.3, 0.4) is 0 Å². The Morgan fingerprint density at radius 3 is 1.82 bits per heavy atom. The lowest BCUT2D eigenvalue weighted by atomic mass is 10.0. The molecule has 0 radical (unpaired) electrons. The van der Waals surface area contributed by atoms with Crippen molar-refractivity contribution in [3.63, 3.8) is 0 Å². The van der Waals surface area contributed by atoms with Crippen LogP contribution in [0.1, 0.15) is 11.6 Å². The molecule has 0 heterocycles. The Morgan fingerprint density at radius 2 is 1.23 bits per heavy atom. The summed E-state index contributed by atoms with van der Waals surface area (Å²) in [5.41, 5.74) is 4.52. The Bertz CT molecular complexity index is 753. The minimum atomic E-state index is -0.132. The highest BCUT2D eigenvalue weighted by atomic mass is 14.9. The standard InChI is InChI=1S/C21H17N/c1-2-21(22-20-11-7-4-8-12-20)19-15-13-18(14-16-19)17-9-5-3-6-10-17/h1,3-16,21-22H. The van der Waals surface area contributed by atoms with E-state index in [1.165, 1.54) is 11.1 Å². The number of terminal acetylenes is 1. The summed E-state index contributed by atoms with van der Waals surface area (Å²) >= 11 is 0. The molecule has 22 heavy (non-hydrogen) atoms. The first-order valence-electron chi connectivity index (χ1n) is 7.30. The molecular formula is C21H17N. The number of rotatable bonds is 4. The molecule has 0 aliphatic heterocycles. The molecule has 0 saturated carbocycles. The van der Waals surface area contributed by atoms with Crippen LogP contribution in [0.25, 0.3) is 11.1 Å². The summed E-state index contributed by atoms with van der Waals surface area (Å²) in [6.07, 6.45) is 5.69. The molecule has 0 fully saturated rings. The van der Waals surface area contributed by atoms with Crippen LogP contribution in [0.2, 0.25) is 0 Å². The van der Waals surface area contributed by atoms with Gasteiger partial charge < -0.3 is 5.32 Å². The summed E-state index contributed by atoms with van der Waals surface area (Å²) in [7, 11) is 0. The van der Waals surface area contributed by atoms with E-state index >= 15 is 0 Å². The quantitative estimate of drug-likeness (QED) is 0.654. The van der Waals surface area contributed by atoms with Crippen molar-refractivity contribution >= 4 is 5.69 Å². The lowest BCUT2D eigenvalue weighted by Crippen LogP contribution is -2.08. The van der Waals surface area contributed by atoms with Gasteiger partial charge in [-0.1, -0.05) is 78.7 Å². The Balaban J connectivity index is 1.81. The van der Waals surface area contributed by atoms with Crippen molar-refractivity contribution in [1.82, 2.24) is 0 Å². The van der Waals surface area contributed by atoms with E-state index in [9.17, 15) is 0 Å². The molecule has 106 valence electrons. The molecule has 3 rings (SSSR count). The van der Waals surface area contributed by atoms with E-state index < -0.39 is 0 Å². The van der Waals surface area contributed by atoms with Crippen molar-refractivity contribution in [2.24, 2.45) is 0 Å². The van der Waals surface area contributed by atoms with E-state index in [1.807, 2.05) is 48.5 Å². The maximum absolute atomic E-state index is 5.69. The van der Waals surface area contributed by atoms with Crippen LogP contribution in [-0.4, -0.2) is 0 Å². The van der Waals surface area contributed by atoms with Crippen LogP contribution in [0.5, 0.6) is 0 Å². The average molecular weight is 283 g/mol. The van der Waals surface area contributed by atoms with Gasteiger partial charge in [0.05, 0.1) is 0 Å². The minimum absolute atomic E-state index is 0.132. The van der Waals surface area contributed by atoms with Crippen LogP contribution in [0, 0.1) is 12.3 Å². The van der Waals surface area contributed by atoms with Gasteiger partial charge in [0.15, 0.2) is 0 Å². The second kappa shape index (κ2) is 6.65. The van der Waals surface area contributed by atoms with Gasteiger partial charge in [-0.2, -0.15) is 0 Å². The molecule has 0 saturated heterocycles. The fourth-order valence-electron chi connectivity index (χ4n) is 2.42. The molecule has 1 unspecified atom stereocenters. The first kappa shape index (κ1) is 14.0. The van der Waals surface area contributed by atoms with Crippen molar-refractivity contribution in [3.8, 4) is 23.5 Å². The average Bonchev–Trinajstić information content (AvgIpc) is 2.61. The molecule has 0 bridgehead atoms. The number of para-hydroxylation sites is 1. The summed E-state index contributed by atoms with van der Waals surface area (Å²) < 4.78 is 0. The normalized spacial score (nSPS) is 11.4. The first-order chi connectivity index (χ1) is 10.9. The highest BCUT2D eigenvalue weighted by molar-refractivity contribution is 5.64. The van der Waals surface area contributed by atoms with Crippen molar-refractivity contribution in [3.05, 3.63) is 90.5 Å². The SMILES string of the molecule is C#CC(Nc1ccccc1)c1ccc(-c2ccccc2)cc1. The lowest BCUT2D eigenvalue weighted by Gasteiger charge is -2.15. The van der Waals surface area contributed by atoms with Crippen LogP contribution in [-0.2, 0) is 0 Å². The summed E-state index contributed by atoms with van der Waals surface area (Å²) in [6, 6.07) is 28.6. The van der Waals surface area contributed by atoms with Crippen molar-refractivity contribution in [2.45, 2.75) is 6.04 Å². The molecule has 1 N–H and O–H groups in total. The smallest absolute Gasteiger partial charge is 0.113 e. The predicted octanol–water partition coefficient (Wildman–Crippen LogP) is 5.14. The van der Waals surface area contributed by atoms with Crippen molar-refractivity contribution in [2.75, 3.05) is 5.32 Å². The van der Waals surface area contributed by atoms with Crippen LogP contribution in [0.15, 0.2) is 84.9 Å². The van der Waals surface area contributed by atoms with E-state index in [4.69, 9.17) is 6.42 Å². The Hall–Kier alpha value is -2.98. The van der Waals surface area contributed by atoms with Gasteiger partial charge in [0.25, 0.3) is 0 Å². The molecule has 1 heteroatoms. The lowest BCUT2D eigenvalue weighted by molar-refractivity contribution is 1.02. The zero-order valence-corrected chi connectivity index (χ0v) is 12.2. The third kappa shape index (κ3) is 3.19. The Labute approximate surface area is 131 Å². The van der Waals surface area contributed by atoms with Crippen LogP contribution >= 0.6 is 0 Å². The number of hydrogen-bond acceptors (Lipinski definition) is 1. The highest BCUT2D eigenvalue weighted by Crippen LogP contribution is 2.23. The van der Waals surface area contributed by atoms with Gasteiger partial charge in [-0.25, -0.2) is 0 Å². The number of anilines is 1. The van der Waals surface area contributed by atoms with E-state index in [0.29, 0.717) is 0 Å². The van der Waals surface area contributed by atoms with Crippen LogP contribution in [0.4, 0.5) is 5.69 Å². The Kier molecular flexibility index (Phi) is 4.22.